The van der Waals surface area contributed by atoms with Crippen molar-refractivity contribution in [2.45, 2.75) is 58.5 Å². The molecule has 0 aromatic heterocycles. The molecule has 40 heavy (non-hydrogen) atoms. The Balaban J connectivity index is 2.07. The fraction of sp³-hybridized carbons (Fsp3) is 0.355. The van der Waals surface area contributed by atoms with E-state index in [1.54, 1.807) is 43.3 Å². The van der Waals surface area contributed by atoms with Crippen LogP contribution in [0.3, 0.4) is 0 Å². The van der Waals surface area contributed by atoms with Crippen LogP contribution in [0.5, 0.6) is 0 Å². The summed E-state index contributed by atoms with van der Waals surface area (Å²) in [5.74, 6) is -0.529. The molecule has 1 unspecified atom stereocenters. The summed E-state index contributed by atoms with van der Waals surface area (Å²) >= 11 is 6.28. The first-order valence-corrected chi connectivity index (χ1v) is 15.2. The summed E-state index contributed by atoms with van der Waals surface area (Å²) in [5.41, 5.74) is 2.85. The number of hydrogen-bond donors (Lipinski definition) is 1. The Hall–Kier alpha value is -3.36. The minimum Gasteiger partial charge on any atom is -0.354 e. The summed E-state index contributed by atoms with van der Waals surface area (Å²) in [6.45, 7) is 9.69. The van der Waals surface area contributed by atoms with E-state index in [0.29, 0.717) is 29.2 Å². The predicted octanol–water partition coefficient (Wildman–Crippen LogP) is 5.73. The molecule has 214 valence electrons. The molecule has 3 aromatic carbocycles. The summed E-state index contributed by atoms with van der Waals surface area (Å²) in [4.78, 5) is 28.9. The fourth-order valence-electron chi connectivity index (χ4n) is 4.32. The van der Waals surface area contributed by atoms with Gasteiger partial charge in [0.2, 0.25) is 11.8 Å². The van der Waals surface area contributed by atoms with E-state index in [0.717, 1.165) is 15.4 Å². The number of nitrogens with zero attached hydrogens (tertiary/aromatic N) is 2. The lowest BCUT2D eigenvalue weighted by molar-refractivity contribution is -0.140. The second-order valence-corrected chi connectivity index (χ2v) is 12.6. The predicted molar refractivity (Wildman–Crippen MR) is 161 cm³/mol. The average molecular weight is 584 g/mol. The van der Waals surface area contributed by atoms with Gasteiger partial charge in [0.25, 0.3) is 10.0 Å². The number of sulfonamides is 1. The van der Waals surface area contributed by atoms with Gasteiger partial charge in [-0.05, 0) is 61.6 Å². The molecule has 1 N–H and O–H groups in total. The van der Waals surface area contributed by atoms with E-state index in [1.807, 2.05) is 52.0 Å². The number of carbonyl (C=O) groups excluding carboxylic acids is 2. The van der Waals surface area contributed by atoms with E-state index in [-0.39, 0.29) is 23.3 Å². The molecule has 3 aromatic rings. The SMILES string of the molecule is CCC(C(=O)NCC(C)C)N(Cc1ccc(C)cc1)C(=O)CN(c1cc(Cl)ccc1C)S(=O)(=O)c1ccccc1. The first-order valence-electron chi connectivity index (χ1n) is 13.4. The molecular weight excluding hydrogens is 546 g/mol. The standard InChI is InChI=1S/C31H38ClN3O4S/c1-6-28(31(37)33-19-22(2)3)34(20-25-15-12-23(4)13-16-25)30(36)21-35(29-18-26(32)17-14-24(29)5)40(38,39)27-10-8-7-9-11-27/h7-18,22,28H,6,19-21H2,1-5H3,(H,33,37). The molecule has 0 saturated carbocycles. The van der Waals surface area contributed by atoms with Crippen LogP contribution in [-0.2, 0) is 26.2 Å². The van der Waals surface area contributed by atoms with E-state index in [4.69, 9.17) is 11.6 Å². The molecule has 0 aliphatic carbocycles. The van der Waals surface area contributed by atoms with E-state index < -0.39 is 28.5 Å². The molecule has 1 atom stereocenters. The van der Waals surface area contributed by atoms with Crippen LogP contribution in [0.2, 0.25) is 5.02 Å². The Bertz CT molecular complexity index is 1410. The Morgan fingerprint density at radius 3 is 2.20 bits per heavy atom. The van der Waals surface area contributed by atoms with Gasteiger partial charge in [-0.2, -0.15) is 0 Å². The van der Waals surface area contributed by atoms with Gasteiger partial charge in [-0.25, -0.2) is 8.42 Å². The van der Waals surface area contributed by atoms with Crippen molar-refractivity contribution in [1.29, 1.82) is 0 Å². The number of carbonyl (C=O) groups is 2. The van der Waals surface area contributed by atoms with Crippen LogP contribution >= 0.6 is 11.6 Å². The number of anilines is 1. The number of aryl methyl sites for hydroxylation is 2. The molecule has 0 saturated heterocycles. The molecule has 0 radical (unpaired) electrons. The second-order valence-electron chi connectivity index (χ2n) is 10.3. The number of rotatable bonds is 12. The summed E-state index contributed by atoms with van der Waals surface area (Å²) in [7, 11) is -4.15. The van der Waals surface area contributed by atoms with Gasteiger partial charge in [0.15, 0.2) is 0 Å². The molecule has 3 rings (SSSR count). The van der Waals surface area contributed by atoms with E-state index in [2.05, 4.69) is 5.32 Å². The highest BCUT2D eigenvalue weighted by Crippen LogP contribution is 2.30. The maximum atomic E-state index is 14.1. The smallest absolute Gasteiger partial charge is 0.264 e. The zero-order chi connectivity index (χ0) is 29.4. The van der Waals surface area contributed by atoms with Gasteiger partial charge in [0, 0.05) is 18.1 Å². The highest BCUT2D eigenvalue weighted by molar-refractivity contribution is 7.92. The third kappa shape index (κ3) is 7.86. The van der Waals surface area contributed by atoms with Gasteiger partial charge in [0.1, 0.15) is 12.6 Å². The largest absolute Gasteiger partial charge is 0.354 e. The van der Waals surface area contributed by atoms with Gasteiger partial charge in [-0.1, -0.05) is 86.5 Å². The normalized spacial score (nSPS) is 12.2. The molecule has 2 amide bonds. The Labute approximate surface area is 243 Å². The van der Waals surface area contributed by atoms with Crippen LogP contribution in [-0.4, -0.2) is 44.3 Å². The lowest BCUT2D eigenvalue weighted by Gasteiger charge is -2.33. The molecule has 0 spiro atoms. The van der Waals surface area contributed by atoms with Crippen molar-refractivity contribution in [3.8, 4) is 0 Å². The number of amides is 2. The first kappa shape index (κ1) is 31.2. The third-order valence-corrected chi connectivity index (χ3v) is 8.60. The van der Waals surface area contributed by atoms with Crippen LogP contribution in [0, 0.1) is 19.8 Å². The van der Waals surface area contributed by atoms with Crippen molar-refractivity contribution in [2.75, 3.05) is 17.4 Å². The molecule has 0 aliphatic rings. The van der Waals surface area contributed by atoms with Gasteiger partial charge >= 0.3 is 0 Å². The van der Waals surface area contributed by atoms with Crippen molar-refractivity contribution in [3.05, 3.63) is 94.5 Å². The molecule has 0 heterocycles. The van der Waals surface area contributed by atoms with Crippen molar-refractivity contribution in [2.24, 2.45) is 5.92 Å². The molecular formula is C31H38ClN3O4S. The third-order valence-electron chi connectivity index (χ3n) is 6.59. The summed E-state index contributed by atoms with van der Waals surface area (Å²) in [6, 6.07) is 19.8. The van der Waals surface area contributed by atoms with Crippen molar-refractivity contribution >= 4 is 39.1 Å². The monoisotopic (exact) mass is 583 g/mol. The van der Waals surface area contributed by atoms with Gasteiger partial charge in [-0.15, -0.1) is 0 Å². The van der Waals surface area contributed by atoms with Crippen molar-refractivity contribution in [3.63, 3.8) is 0 Å². The maximum Gasteiger partial charge on any atom is 0.264 e. The summed E-state index contributed by atoms with van der Waals surface area (Å²) < 4.78 is 29.0. The fourth-order valence-corrected chi connectivity index (χ4v) is 5.97. The minimum atomic E-state index is -4.15. The zero-order valence-electron chi connectivity index (χ0n) is 23.7. The van der Waals surface area contributed by atoms with Gasteiger partial charge < -0.3 is 10.2 Å². The quantitative estimate of drug-likeness (QED) is 0.295. The number of nitrogens with one attached hydrogen (secondary N) is 1. The topological polar surface area (TPSA) is 86.8 Å². The average Bonchev–Trinajstić information content (AvgIpc) is 2.93. The molecule has 0 fully saturated rings. The Morgan fingerprint density at radius 1 is 0.950 bits per heavy atom. The lowest BCUT2D eigenvalue weighted by Crippen LogP contribution is -2.52. The van der Waals surface area contributed by atoms with Crippen LogP contribution < -0.4 is 9.62 Å². The molecule has 0 aliphatic heterocycles. The molecule has 0 bridgehead atoms. The minimum absolute atomic E-state index is 0.0500. The maximum absolute atomic E-state index is 14.1. The van der Waals surface area contributed by atoms with Gasteiger partial charge in [0.05, 0.1) is 10.6 Å². The molecule has 9 heteroatoms. The summed E-state index contributed by atoms with van der Waals surface area (Å²) in [5, 5.41) is 3.28. The highest BCUT2D eigenvalue weighted by atomic mass is 35.5. The van der Waals surface area contributed by atoms with Crippen LogP contribution in [0.25, 0.3) is 0 Å². The lowest BCUT2D eigenvalue weighted by atomic mass is 10.1. The summed E-state index contributed by atoms with van der Waals surface area (Å²) in [6.07, 6.45) is 0.364. The number of hydrogen-bond acceptors (Lipinski definition) is 4. The Morgan fingerprint density at radius 2 is 1.60 bits per heavy atom. The number of benzene rings is 3. The zero-order valence-corrected chi connectivity index (χ0v) is 25.3. The van der Waals surface area contributed by atoms with Crippen molar-refractivity contribution < 1.29 is 18.0 Å². The van der Waals surface area contributed by atoms with Crippen molar-refractivity contribution in [1.82, 2.24) is 10.2 Å². The van der Waals surface area contributed by atoms with E-state index in [9.17, 15) is 18.0 Å². The molecule has 7 nitrogen and oxygen atoms in total. The van der Waals surface area contributed by atoms with E-state index >= 15 is 0 Å². The van der Waals surface area contributed by atoms with Crippen LogP contribution in [0.15, 0.2) is 77.7 Å². The Kier molecular flexibility index (Phi) is 10.8. The van der Waals surface area contributed by atoms with Gasteiger partial charge in [-0.3, -0.25) is 13.9 Å². The number of halogens is 1. The van der Waals surface area contributed by atoms with Crippen LogP contribution in [0.1, 0.15) is 43.9 Å². The van der Waals surface area contributed by atoms with Crippen LogP contribution in [0.4, 0.5) is 5.69 Å². The highest BCUT2D eigenvalue weighted by Gasteiger charge is 2.34. The first-order chi connectivity index (χ1) is 18.9. The second kappa shape index (κ2) is 13.8. The van der Waals surface area contributed by atoms with E-state index in [1.165, 1.54) is 17.0 Å².